The van der Waals surface area contributed by atoms with Gasteiger partial charge in [-0.25, -0.2) is 0 Å². The number of rotatable bonds is 2. The second-order valence-corrected chi connectivity index (χ2v) is 4.25. The molecule has 0 atom stereocenters. The maximum atomic E-state index is 9.08. The van der Waals surface area contributed by atoms with Gasteiger partial charge in [0.1, 0.15) is 11.5 Å². The van der Waals surface area contributed by atoms with Gasteiger partial charge in [-0.2, -0.15) is 0 Å². The first-order valence-corrected chi connectivity index (χ1v) is 5.86. The molecule has 1 aliphatic heterocycles. The van der Waals surface area contributed by atoms with Crippen molar-refractivity contribution in [3.05, 3.63) is 59.2 Å². The third-order valence-electron chi connectivity index (χ3n) is 3.17. The molecule has 0 bridgehead atoms. The molecule has 0 radical (unpaired) electrons. The van der Waals surface area contributed by atoms with Gasteiger partial charge < -0.3 is 9.84 Å². The molecule has 0 aliphatic carbocycles. The van der Waals surface area contributed by atoms with Gasteiger partial charge in [0.05, 0.1) is 0 Å². The van der Waals surface area contributed by atoms with Crippen LogP contribution in [0.3, 0.4) is 0 Å². The predicted molar refractivity (Wildman–Crippen MR) is 66.6 cm³/mol. The van der Waals surface area contributed by atoms with E-state index >= 15 is 0 Å². The van der Waals surface area contributed by atoms with Gasteiger partial charge in [0.2, 0.25) is 0 Å². The van der Waals surface area contributed by atoms with Gasteiger partial charge in [0, 0.05) is 18.6 Å². The lowest BCUT2D eigenvalue weighted by Crippen LogP contribution is -2.07. The molecule has 0 saturated heterocycles. The van der Waals surface area contributed by atoms with Gasteiger partial charge in [-0.1, -0.05) is 30.3 Å². The van der Waals surface area contributed by atoms with Crippen molar-refractivity contribution in [3.63, 3.8) is 0 Å². The smallest absolute Gasteiger partial charge is 0.131 e. The zero-order chi connectivity index (χ0) is 11.7. The normalized spacial score (nSPS) is 12.5. The summed E-state index contributed by atoms with van der Waals surface area (Å²) < 4.78 is 5.88. The van der Waals surface area contributed by atoms with Crippen LogP contribution in [0.4, 0.5) is 0 Å². The summed E-state index contributed by atoms with van der Waals surface area (Å²) in [4.78, 5) is 0. The predicted octanol–water partition coefficient (Wildman–Crippen LogP) is 2.92. The van der Waals surface area contributed by atoms with Crippen LogP contribution in [0.25, 0.3) is 0 Å². The summed E-state index contributed by atoms with van der Waals surface area (Å²) in [6.45, 7) is 0.179. The zero-order valence-electron chi connectivity index (χ0n) is 9.52. The highest BCUT2D eigenvalue weighted by Crippen LogP contribution is 2.37. The Labute approximate surface area is 100 Å². The van der Waals surface area contributed by atoms with E-state index in [0.29, 0.717) is 6.42 Å². The molecule has 0 saturated carbocycles. The van der Waals surface area contributed by atoms with E-state index in [1.54, 1.807) is 0 Å². The Balaban J connectivity index is 2.05. The fourth-order valence-electron chi connectivity index (χ4n) is 2.32. The van der Waals surface area contributed by atoms with Gasteiger partial charge in [0.25, 0.3) is 0 Å². The lowest BCUT2D eigenvalue weighted by atomic mass is 9.94. The monoisotopic (exact) mass is 226 g/mol. The van der Waals surface area contributed by atoms with Crippen molar-refractivity contribution < 1.29 is 9.84 Å². The number of aliphatic hydroxyl groups is 1. The largest absolute Gasteiger partial charge is 0.457 e. The topological polar surface area (TPSA) is 29.5 Å². The molecule has 0 spiro atoms. The Morgan fingerprint density at radius 1 is 1.00 bits per heavy atom. The molecule has 2 nitrogen and oxygen atoms in total. The summed E-state index contributed by atoms with van der Waals surface area (Å²) in [5.74, 6) is 1.87. The minimum atomic E-state index is 0.179. The summed E-state index contributed by atoms with van der Waals surface area (Å²) in [6, 6.07) is 14.1. The first kappa shape index (κ1) is 10.4. The van der Waals surface area contributed by atoms with Crippen LogP contribution in [0.15, 0.2) is 42.5 Å². The molecule has 86 valence electrons. The molecular formula is C15H14O2. The summed E-state index contributed by atoms with van der Waals surface area (Å²) in [6.07, 6.45) is 1.58. The van der Waals surface area contributed by atoms with Crippen LogP contribution in [0, 0.1) is 0 Å². The van der Waals surface area contributed by atoms with Crippen molar-refractivity contribution >= 4 is 0 Å². The van der Waals surface area contributed by atoms with E-state index in [9.17, 15) is 0 Å². The molecule has 1 aliphatic rings. The quantitative estimate of drug-likeness (QED) is 0.728. The van der Waals surface area contributed by atoms with Gasteiger partial charge >= 0.3 is 0 Å². The molecule has 2 aromatic rings. The zero-order valence-corrected chi connectivity index (χ0v) is 9.52. The van der Waals surface area contributed by atoms with E-state index in [4.69, 9.17) is 9.84 Å². The maximum Gasteiger partial charge on any atom is 0.131 e. The Morgan fingerprint density at radius 2 is 1.82 bits per heavy atom. The first-order chi connectivity index (χ1) is 8.38. The fourth-order valence-corrected chi connectivity index (χ4v) is 2.32. The number of fused-ring (bicyclic) bond motifs is 2. The van der Waals surface area contributed by atoms with Crippen molar-refractivity contribution in [1.29, 1.82) is 0 Å². The number of ether oxygens (including phenoxy) is 1. The molecule has 0 fully saturated rings. The summed E-state index contributed by atoms with van der Waals surface area (Å²) in [5, 5.41) is 9.08. The summed E-state index contributed by atoms with van der Waals surface area (Å²) >= 11 is 0. The van der Waals surface area contributed by atoms with Crippen LogP contribution in [0.5, 0.6) is 11.5 Å². The molecule has 0 aromatic heterocycles. The number of aliphatic hydroxyl groups excluding tert-OH is 1. The Hall–Kier alpha value is -1.80. The molecule has 2 aromatic carbocycles. The number of hydrogen-bond donors (Lipinski definition) is 1. The number of para-hydroxylation sites is 1. The summed E-state index contributed by atoms with van der Waals surface area (Å²) in [7, 11) is 0. The van der Waals surface area contributed by atoms with Crippen molar-refractivity contribution in [2.45, 2.75) is 12.8 Å². The second-order valence-electron chi connectivity index (χ2n) is 4.25. The van der Waals surface area contributed by atoms with Crippen LogP contribution in [0.1, 0.15) is 16.7 Å². The Kier molecular flexibility index (Phi) is 2.57. The Bertz CT molecular complexity index is 546. The average molecular weight is 226 g/mol. The Morgan fingerprint density at radius 3 is 2.71 bits per heavy atom. The minimum Gasteiger partial charge on any atom is -0.457 e. The third-order valence-corrected chi connectivity index (χ3v) is 3.17. The van der Waals surface area contributed by atoms with E-state index in [0.717, 1.165) is 17.9 Å². The molecule has 0 amide bonds. The third kappa shape index (κ3) is 1.81. The van der Waals surface area contributed by atoms with Crippen molar-refractivity contribution in [1.82, 2.24) is 0 Å². The lowest BCUT2D eigenvalue weighted by Gasteiger charge is -2.22. The highest BCUT2D eigenvalue weighted by atomic mass is 16.5. The van der Waals surface area contributed by atoms with Gasteiger partial charge in [0.15, 0.2) is 0 Å². The van der Waals surface area contributed by atoms with Gasteiger partial charge in [-0.05, 0) is 29.7 Å². The molecule has 1 N–H and O–H groups in total. The molecular weight excluding hydrogens is 212 g/mol. The molecule has 3 rings (SSSR count). The fraction of sp³-hybridized carbons (Fsp3) is 0.200. The summed E-state index contributed by atoms with van der Waals surface area (Å²) in [5.41, 5.74) is 3.60. The van der Waals surface area contributed by atoms with E-state index in [2.05, 4.69) is 12.1 Å². The van der Waals surface area contributed by atoms with Crippen LogP contribution in [-0.2, 0) is 12.8 Å². The van der Waals surface area contributed by atoms with Gasteiger partial charge in [-0.15, -0.1) is 0 Å². The van der Waals surface area contributed by atoms with Gasteiger partial charge in [-0.3, -0.25) is 0 Å². The van der Waals surface area contributed by atoms with Crippen LogP contribution in [0.2, 0.25) is 0 Å². The van der Waals surface area contributed by atoms with Crippen molar-refractivity contribution in [2.75, 3.05) is 6.61 Å². The van der Waals surface area contributed by atoms with E-state index in [1.165, 1.54) is 16.7 Å². The second kappa shape index (κ2) is 4.22. The number of benzene rings is 2. The van der Waals surface area contributed by atoms with E-state index in [-0.39, 0.29) is 6.61 Å². The standard InChI is InChI=1S/C15H14O2/c16-9-8-11-5-3-7-15-13(11)10-12-4-1-2-6-14(12)17-15/h1-7,16H,8-10H2. The van der Waals surface area contributed by atoms with Crippen molar-refractivity contribution in [3.8, 4) is 11.5 Å². The SMILES string of the molecule is OCCc1cccc2c1Cc1ccccc1O2. The first-order valence-electron chi connectivity index (χ1n) is 5.86. The average Bonchev–Trinajstić information content (AvgIpc) is 2.37. The highest BCUT2D eigenvalue weighted by Gasteiger charge is 2.18. The van der Waals surface area contributed by atoms with Crippen LogP contribution < -0.4 is 4.74 Å². The highest BCUT2D eigenvalue weighted by molar-refractivity contribution is 5.52. The molecule has 2 heteroatoms. The molecule has 0 unspecified atom stereocenters. The minimum absolute atomic E-state index is 0.179. The van der Waals surface area contributed by atoms with Crippen molar-refractivity contribution in [2.24, 2.45) is 0 Å². The van der Waals surface area contributed by atoms with Crippen LogP contribution in [-0.4, -0.2) is 11.7 Å². The van der Waals surface area contributed by atoms with E-state index < -0.39 is 0 Å². The maximum absolute atomic E-state index is 9.08. The van der Waals surface area contributed by atoms with E-state index in [1.807, 2.05) is 30.3 Å². The van der Waals surface area contributed by atoms with Crippen LogP contribution >= 0.6 is 0 Å². The number of hydrogen-bond acceptors (Lipinski definition) is 2. The molecule has 17 heavy (non-hydrogen) atoms. The molecule has 1 heterocycles. The lowest BCUT2D eigenvalue weighted by molar-refractivity contribution is 0.299.